The summed E-state index contributed by atoms with van der Waals surface area (Å²) in [6.45, 7) is 2.16. The van der Waals surface area contributed by atoms with Gasteiger partial charge in [-0.1, -0.05) is 19.4 Å². The van der Waals surface area contributed by atoms with E-state index in [0.29, 0.717) is 0 Å². The number of benzene rings is 1. The monoisotopic (exact) mass is 187 g/mol. The van der Waals surface area contributed by atoms with Crippen LogP contribution in [0.25, 0.3) is 10.9 Å². The maximum absolute atomic E-state index is 11.0. The first-order valence-electron chi connectivity index (χ1n) is 4.91. The number of rotatable bonds is 2. The van der Waals surface area contributed by atoms with Gasteiger partial charge in [-0.15, -0.1) is 0 Å². The fourth-order valence-corrected chi connectivity index (χ4v) is 1.65. The Kier molecular flexibility index (Phi) is 2.35. The standard InChI is InChI=1S/C12H13NO/c1-2-3-9-4-6-11-10(8-9)5-7-12(14)13-11/h4-8H,2-3H2,1H3,(H,13,14). The number of pyridine rings is 1. The van der Waals surface area contributed by atoms with Crippen molar-refractivity contribution in [2.75, 3.05) is 0 Å². The van der Waals surface area contributed by atoms with Crippen LogP contribution in [0.5, 0.6) is 0 Å². The van der Waals surface area contributed by atoms with Gasteiger partial charge in [0.2, 0.25) is 5.56 Å². The Morgan fingerprint density at radius 1 is 1.21 bits per heavy atom. The average molecular weight is 187 g/mol. The predicted molar refractivity (Wildman–Crippen MR) is 58.6 cm³/mol. The smallest absolute Gasteiger partial charge is 0.248 e. The molecule has 0 amide bonds. The summed E-state index contributed by atoms with van der Waals surface area (Å²) < 4.78 is 0. The number of nitrogens with one attached hydrogen (secondary N) is 1. The summed E-state index contributed by atoms with van der Waals surface area (Å²) in [4.78, 5) is 13.8. The molecule has 0 aliphatic rings. The Hall–Kier alpha value is -1.57. The van der Waals surface area contributed by atoms with Crippen LogP contribution < -0.4 is 5.56 Å². The molecule has 2 aromatic rings. The number of hydrogen-bond acceptors (Lipinski definition) is 1. The van der Waals surface area contributed by atoms with E-state index in [9.17, 15) is 4.79 Å². The zero-order chi connectivity index (χ0) is 9.97. The van der Waals surface area contributed by atoms with Crippen LogP contribution in [-0.2, 0) is 6.42 Å². The van der Waals surface area contributed by atoms with Crippen molar-refractivity contribution in [2.45, 2.75) is 19.8 Å². The topological polar surface area (TPSA) is 32.9 Å². The molecule has 2 nitrogen and oxygen atoms in total. The first-order chi connectivity index (χ1) is 6.79. The first kappa shape index (κ1) is 9.00. The van der Waals surface area contributed by atoms with Crippen LogP contribution in [0.1, 0.15) is 18.9 Å². The van der Waals surface area contributed by atoms with Gasteiger partial charge in [-0.2, -0.15) is 0 Å². The molecule has 0 aliphatic heterocycles. The van der Waals surface area contributed by atoms with Gasteiger partial charge >= 0.3 is 0 Å². The SMILES string of the molecule is CCCc1ccc2[nH]c(=O)ccc2c1. The number of aryl methyl sites for hydroxylation is 1. The molecule has 14 heavy (non-hydrogen) atoms. The van der Waals surface area contributed by atoms with E-state index in [2.05, 4.69) is 24.0 Å². The maximum atomic E-state index is 11.0. The summed E-state index contributed by atoms with van der Waals surface area (Å²) in [5, 5.41) is 1.11. The Balaban J connectivity index is 2.56. The lowest BCUT2D eigenvalue weighted by molar-refractivity contribution is 0.923. The molecule has 0 atom stereocenters. The van der Waals surface area contributed by atoms with E-state index in [1.807, 2.05) is 12.1 Å². The van der Waals surface area contributed by atoms with Crippen LogP contribution in [0.15, 0.2) is 35.1 Å². The number of H-pyrrole nitrogens is 1. The van der Waals surface area contributed by atoms with Crippen LogP contribution in [0.2, 0.25) is 0 Å². The second-order valence-electron chi connectivity index (χ2n) is 3.49. The summed E-state index contributed by atoms with van der Waals surface area (Å²) in [6, 6.07) is 9.61. The van der Waals surface area contributed by atoms with Gasteiger partial charge in [-0.05, 0) is 35.6 Å². The number of fused-ring (bicyclic) bond motifs is 1. The molecule has 1 heterocycles. The zero-order valence-corrected chi connectivity index (χ0v) is 8.21. The number of hydrogen-bond donors (Lipinski definition) is 1. The highest BCUT2D eigenvalue weighted by atomic mass is 16.1. The molecular formula is C12H13NO. The van der Waals surface area contributed by atoms with Gasteiger partial charge < -0.3 is 4.98 Å². The Labute approximate surface area is 82.6 Å². The lowest BCUT2D eigenvalue weighted by Gasteiger charge is -2.01. The summed E-state index contributed by atoms with van der Waals surface area (Å²) in [6.07, 6.45) is 2.24. The molecule has 0 bridgehead atoms. The molecule has 0 saturated carbocycles. The largest absolute Gasteiger partial charge is 0.322 e. The van der Waals surface area contributed by atoms with E-state index in [1.54, 1.807) is 6.07 Å². The molecular weight excluding hydrogens is 174 g/mol. The van der Waals surface area contributed by atoms with Crippen molar-refractivity contribution in [3.05, 3.63) is 46.2 Å². The minimum Gasteiger partial charge on any atom is -0.322 e. The van der Waals surface area contributed by atoms with Crippen LogP contribution in [-0.4, -0.2) is 4.98 Å². The third-order valence-corrected chi connectivity index (χ3v) is 2.33. The summed E-state index contributed by atoms with van der Waals surface area (Å²) in [7, 11) is 0. The molecule has 2 rings (SSSR count). The Bertz CT molecular complexity index is 499. The predicted octanol–water partition coefficient (Wildman–Crippen LogP) is 2.48. The highest BCUT2D eigenvalue weighted by Crippen LogP contribution is 2.13. The van der Waals surface area contributed by atoms with Crippen molar-refractivity contribution >= 4 is 10.9 Å². The third-order valence-electron chi connectivity index (χ3n) is 2.33. The molecule has 1 aromatic carbocycles. The van der Waals surface area contributed by atoms with Crippen molar-refractivity contribution in [1.82, 2.24) is 4.98 Å². The molecule has 0 spiro atoms. The van der Waals surface area contributed by atoms with Crippen LogP contribution in [0, 0.1) is 0 Å². The minimum absolute atomic E-state index is 0.0410. The lowest BCUT2D eigenvalue weighted by Crippen LogP contribution is -2.02. The van der Waals surface area contributed by atoms with E-state index >= 15 is 0 Å². The van der Waals surface area contributed by atoms with Gasteiger partial charge in [0, 0.05) is 11.6 Å². The Morgan fingerprint density at radius 2 is 2.07 bits per heavy atom. The van der Waals surface area contributed by atoms with Crippen molar-refractivity contribution in [2.24, 2.45) is 0 Å². The molecule has 72 valence electrons. The summed E-state index contributed by atoms with van der Waals surface area (Å²) >= 11 is 0. The average Bonchev–Trinajstić information content (AvgIpc) is 2.19. The molecule has 0 radical (unpaired) electrons. The van der Waals surface area contributed by atoms with Gasteiger partial charge in [0.1, 0.15) is 0 Å². The van der Waals surface area contributed by atoms with E-state index in [1.165, 1.54) is 5.56 Å². The Morgan fingerprint density at radius 3 is 2.86 bits per heavy atom. The molecule has 0 unspecified atom stereocenters. The highest BCUT2D eigenvalue weighted by molar-refractivity contribution is 5.78. The van der Waals surface area contributed by atoms with E-state index in [0.717, 1.165) is 23.7 Å². The summed E-state index contributed by atoms with van der Waals surface area (Å²) in [5.41, 5.74) is 2.20. The second-order valence-corrected chi connectivity index (χ2v) is 3.49. The fourth-order valence-electron chi connectivity index (χ4n) is 1.65. The normalized spacial score (nSPS) is 10.6. The van der Waals surface area contributed by atoms with Crippen molar-refractivity contribution in [1.29, 1.82) is 0 Å². The van der Waals surface area contributed by atoms with Crippen LogP contribution in [0.4, 0.5) is 0 Å². The van der Waals surface area contributed by atoms with Gasteiger partial charge in [-0.25, -0.2) is 0 Å². The first-order valence-corrected chi connectivity index (χ1v) is 4.91. The number of aromatic nitrogens is 1. The number of aromatic amines is 1. The van der Waals surface area contributed by atoms with Gasteiger partial charge in [0.15, 0.2) is 0 Å². The quantitative estimate of drug-likeness (QED) is 0.769. The molecule has 0 fully saturated rings. The lowest BCUT2D eigenvalue weighted by atomic mass is 10.1. The van der Waals surface area contributed by atoms with Crippen molar-refractivity contribution < 1.29 is 0 Å². The molecule has 1 aromatic heterocycles. The highest BCUT2D eigenvalue weighted by Gasteiger charge is 1.96. The molecule has 0 aliphatic carbocycles. The molecule has 0 saturated heterocycles. The molecule has 2 heteroatoms. The van der Waals surface area contributed by atoms with E-state index in [4.69, 9.17) is 0 Å². The third kappa shape index (κ3) is 1.69. The minimum atomic E-state index is -0.0410. The van der Waals surface area contributed by atoms with Gasteiger partial charge in [-0.3, -0.25) is 4.79 Å². The maximum Gasteiger partial charge on any atom is 0.248 e. The van der Waals surface area contributed by atoms with Crippen LogP contribution >= 0.6 is 0 Å². The summed E-state index contributed by atoms with van der Waals surface area (Å²) in [5.74, 6) is 0. The van der Waals surface area contributed by atoms with Gasteiger partial charge in [0.05, 0.1) is 0 Å². The van der Waals surface area contributed by atoms with Crippen molar-refractivity contribution in [3.8, 4) is 0 Å². The zero-order valence-electron chi connectivity index (χ0n) is 8.21. The van der Waals surface area contributed by atoms with Crippen LogP contribution in [0.3, 0.4) is 0 Å². The van der Waals surface area contributed by atoms with E-state index < -0.39 is 0 Å². The van der Waals surface area contributed by atoms with Gasteiger partial charge in [0.25, 0.3) is 0 Å². The fraction of sp³-hybridized carbons (Fsp3) is 0.250. The van der Waals surface area contributed by atoms with Crippen molar-refractivity contribution in [3.63, 3.8) is 0 Å². The second kappa shape index (κ2) is 3.66. The van der Waals surface area contributed by atoms with E-state index in [-0.39, 0.29) is 5.56 Å². The molecule has 1 N–H and O–H groups in total.